The number of halogens is 1. The van der Waals surface area contributed by atoms with Crippen molar-refractivity contribution >= 4 is 17.7 Å². The lowest BCUT2D eigenvalue weighted by Crippen LogP contribution is -2.29. The largest absolute Gasteiger partial charge is 0.335 e. The Morgan fingerprint density at radius 2 is 1.77 bits per heavy atom. The monoisotopic (exact) mass is 421 g/mol. The van der Waals surface area contributed by atoms with Gasteiger partial charge in [0.25, 0.3) is 5.89 Å². The molecule has 4 rings (SSSR count). The van der Waals surface area contributed by atoms with E-state index in [1.54, 1.807) is 0 Å². The Hall–Kier alpha value is -2.43. The molecule has 0 aliphatic heterocycles. The summed E-state index contributed by atoms with van der Waals surface area (Å²) in [7, 11) is 4.37. The second-order valence-electron chi connectivity index (χ2n) is 8.31. The van der Waals surface area contributed by atoms with Crippen LogP contribution in [0, 0.1) is 5.92 Å². The third kappa shape index (κ3) is 5.18. The van der Waals surface area contributed by atoms with Gasteiger partial charge in [-0.05, 0) is 69.0 Å². The van der Waals surface area contributed by atoms with Crippen LogP contribution in [0.5, 0.6) is 0 Å². The zero-order valence-electron chi connectivity index (χ0n) is 17.6. The molecule has 1 fully saturated rings. The van der Waals surface area contributed by atoms with E-state index in [1.165, 1.54) is 24.0 Å². The van der Waals surface area contributed by atoms with E-state index in [-0.39, 0.29) is 0 Å². The minimum absolute atomic E-state index is 0.460. The molecule has 30 heavy (non-hydrogen) atoms. The molecule has 0 spiro atoms. The molecule has 2 aromatic carbocycles. The van der Waals surface area contributed by atoms with E-state index in [0.717, 1.165) is 23.4 Å². The van der Waals surface area contributed by atoms with Crippen molar-refractivity contribution < 1.29 is 4.52 Å². The number of rotatable bonds is 6. The highest BCUT2D eigenvalue weighted by Gasteiger charge is 2.28. The molecule has 3 aromatic rings. The van der Waals surface area contributed by atoms with E-state index in [0.29, 0.717) is 30.1 Å². The van der Waals surface area contributed by atoms with Crippen molar-refractivity contribution in [3.63, 3.8) is 0 Å². The maximum atomic E-state index is 5.95. The van der Waals surface area contributed by atoms with Gasteiger partial charge in [0.05, 0.1) is 0 Å². The van der Waals surface area contributed by atoms with E-state index >= 15 is 0 Å². The van der Waals surface area contributed by atoms with Crippen LogP contribution in [0.1, 0.15) is 54.6 Å². The predicted molar refractivity (Wildman–Crippen MR) is 121 cm³/mol. The SMILES string of the molecule is CN(C)C(c1ccccc1)C1CCC(=Cc2nc(Cc3ccc(Cl)cc3)no2)CC1. The summed E-state index contributed by atoms with van der Waals surface area (Å²) >= 11 is 5.95. The highest BCUT2D eigenvalue weighted by molar-refractivity contribution is 6.30. The topological polar surface area (TPSA) is 42.2 Å². The summed E-state index contributed by atoms with van der Waals surface area (Å²) < 4.78 is 5.47. The summed E-state index contributed by atoms with van der Waals surface area (Å²) in [5, 5.41) is 4.87. The average Bonchev–Trinajstić information content (AvgIpc) is 3.18. The molecule has 0 bridgehead atoms. The molecule has 0 N–H and O–H groups in total. The molecule has 0 saturated heterocycles. The van der Waals surface area contributed by atoms with Crippen molar-refractivity contribution in [1.82, 2.24) is 15.0 Å². The second-order valence-corrected chi connectivity index (χ2v) is 8.75. The lowest BCUT2D eigenvalue weighted by atomic mass is 9.78. The second kappa shape index (κ2) is 9.59. The molecule has 5 heteroatoms. The fourth-order valence-corrected chi connectivity index (χ4v) is 4.60. The van der Waals surface area contributed by atoms with Crippen LogP contribution in [0.4, 0.5) is 0 Å². The fourth-order valence-electron chi connectivity index (χ4n) is 4.47. The standard InChI is InChI=1S/C25H28ClN3O/c1-29(2)25(20-6-4-3-5-7-20)21-12-8-19(9-13-21)17-24-27-23(28-30-24)16-18-10-14-22(26)15-11-18/h3-7,10-11,14-15,17,21,25H,8-9,12-13,16H2,1-2H3. The third-order valence-electron chi connectivity index (χ3n) is 5.90. The molecule has 1 aliphatic carbocycles. The van der Waals surface area contributed by atoms with Crippen LogP contribution in [-0.4, -0.2) is 29.1 Å². The summed E-state index contributed by atoms with van der Waals surface area (Å²) in [5.74, 6) is 1.97. The molecule has 4 nitrogen and oxygen atoms in total. The van der Waals surface area contributed by atoms with E-state index in [2.05, 4.69) is 65.5 Å². The smallest absolute Gasteiger partial charge is 0.250 e. The van der Waals surface area contributed by atoms with Crippen LogP contribution in [0.3, 0.4) is 0 Å². The molecule has 0 radical (unpaired) electrons. The first-order valence-corrected chi connectivity index (χ1v) is 10.9. The molecular formula is C25H28ClN3O. The van der Waals surface area contributed by atoms with Gasteiger partial charge in [-0.1, -0.05) is 64.8 Å². The van der Waals surface area contributed by atoms with Crippen LogP contribution in [0.2, 0.25) is 5.02 Å². The maximum Gasteiger partial charge on any atom is 0.250 e. The van der Waals surface area contributed by atoms with Gasteiger partial charge in [-0.25, -0.2) is 0 Å². The Kier molecular flexibility index (Phi) is 6.66. The van der Waals surface area contributed by atoms with Crippen LogP contribution in [-0.2, 0) is 6.42 Å². The molecule has 156 valence electrons. The molecule has 1 heterocycles. The van der Waals surface area contributed by atoms with Crippen molar-refractivity contribution in [3.8, 4) is 0 Å². The molecular weight excluding hydrogens is 394 g/mol. The van der Waals surface area contributed by atoms with Gasteiger partial charge in [0, 0.05) is 23.6 Å². The lowest BCUT2D eigenvalue weighted by molar-refractivity contribution is 0.184. The van der Waals surface area contributed by atoms with Gasteiger partial charge in [0.1, 0.15) is 0 Å². The Morgan fingerprint density at radius 1 is 1.07 bits per heavy atom. The van der Waals surface area contributed by atoms with Gasteiger partial charge in [-0.3, -0.25) is 0 Å². The van der Waals surface area contributed by atoms with Gasteiger partial charge in [-0.15, -0.1) is 0 Å². The van der Waals surface area contributed by atoms with Crippen LogP contribution in [0.15, 0.2) is 64.7 Å². The maximum absolute atomic E-state index is 5.95. The highest BCUT2D eigenvalue weighted by atomic mass is 35.5. The van der Waals surface area contributed by atoms with E-state index < -0.39 is 0 Å². The zero-order chi connectivity index (χ0) is 20.9. The van der Waals surface area contributed by atoms with Crippen molar-refractivity contribution in [3.05, 3.63) is 88.0 Å². The predicted octanol–water partition coefficient (Wildman–Crippen LogP) is 6.19. The Bertz CT molecular complexity index is 969. The van der Waals surface area contributed by atoms with Crippen molar-refractivity contribution in [2.45, 2.75) is 38.1 Å². The Balaban J connectivity index is 1.38. The Labute approximate surface area is 183 Å². The van der Waals surface area contributed by atoms with E-state index in [9.17, 15) is 0 Å². The number of hydrogen-bond donors (Lipinski definition) is 0. The average molecular weight is 422 g/mol. The first-order chi connectivity index (χ1) is 14.6. The molecule has 1 aliphatic rings. The van der Waals surface area contributed by atoms with Gasteiger partial charge in [-0.2, -0.15) is 4.98 Å². The minimum Gasteiger partial charge on any atom is -0.335 e. The van der Waals surface area contributed by atoms with Crippen molar-refractivity contribution in [1.29, 1.82) is 0 Å². The third-order valence-corrected chi connectivity index (χ3v) is 6.16. The van der Waals surface area contributed by atoms with Crippen molar-refractivity contribution in [2.75, 3.05) is 14.1 Å². The van der Waals surface area contributed by atoms with Gasteiger partial charge in [0.2, 0.25) is 0 Å². The summed E-state index contributed by atoms with van der Waals surface area (Å²) in [4.78, 5) is 6.91. The summed E-state index contributed by atoms with van der Waals surface area (Å²) in [6, 6.07) is 19.1. The molecule has 1 saturated carbocycles. The summed E-state index contributed by atoms with van der Waals surface area (Å²) in [5.41, 5.74) is 3.93. The normalized spacial score (nSPS) is 17.9. The summed E-state index contributed by atoms with van der Waals surface area (Å²) in [6.07, 6.45) is 7.24. The van der Waals surface area contributed by atoms with Crippen LogP contribution in [0.25, 0.3) is 6.08 Å². The lowest BCUT2D eigenvalue weighted by Gasteiger charge is -2.36. The van der Waals surface area contributed by atoms with E-state index in [1.807, 2.05) is 24.3 Å². The molecule has 0 amide bonds. The van der Waals surface area contributed by atoms with Crippen molar-refractivity contribution in [2.24, 2.45) is 5.92 Å². The van der Waals surface area contributed by atoms with Gasteiger partial charge in [0.15, 0.2) is 5.82 Å². The first-order valence-electron chi connectivity index (χ1n) is 10.6. The first kappa shape index (κ1) is 20.8. The fraction of sp³-hybridized carbons (Fsp3) is 0.360. The van der Waals surface area contributed by atoms with E-state index in [4.69, 9.17) is 16.1 Å². The number of hydrogen-bond acceptors (Lipinski definition) is 4. The minimum atomic E-state index is 0.460. The molecule has 1 unspecified atom stereocenters. The highest BCUT2D eigenvalue weighted by Crippen LogP contribution is 2.39. The number of nitrogens with zero attached hydrogens (tertiary/aromatic N) is 3. The number of benzene rings is 2. The summed E-state index contributed by atoms with van der Waals surface area (Å²) in [6.45, 7) is 0. The quantitative estimate of drug-likeness (QED) is 0.475. The number of allylic oxidation sites excluding steroid dienone is 1. The number of aromatic nitrogens is 2. The van der Waals surface area contributed by atoms with Gasteiger partial charge >= 0.3 is 0 Å². The van der Waals surface area contributed by atoms with Crippen LogP contribution < -0.4 is 0 Å². The Morgan fingerprint density at radius 3 is 2.43 bits per heavy atom. The van der Waals surface area contributed by atoms with Gasteiger partial charge < -0.3 is 9.42 Å². The zero-order valence-corrected chi connectivity index (χ0v) is 18.3. The van der Waals surface area contributed by atoms with Crippen LogP contribution >= 0.6 is 11.6 Å². The molecule has 1 atom stereocenters. The molecule has 1 aromatic heterocycles.